The van der Waals surface area contributed by atoms with Crippen LogP contribution < -0.4 is 5.56 Å². The van der Waals surface area contributed by atoms with Crippen molar-refractivity contribution in [3.8, 4) is 5.75 Å². The second kappa shape index (κ2) is 8.85. The number of rotatable bonds is 5. The quantitative estimate of drug-likeness (QED) is 0.668. The van der Waals surface area contributed by atoms with Gasteiger partial charge in [-0.3, -0.25) is 14.5 Å². The number of hydrogen-bond donors (Lipinski definition) is 1. The van der Waals surface area contributed by atoms with E-state index in [1.807, 2.05) is 0 Å². The van der Waals surface area contributed by atoms with Gasteiger partial charge in [-0.05, 0) is 25.0 Å². The second-order valence-corrected chi connectivity index (χ2v) is 9.98. The van der Waals surface area contributed by atoms with Gasteiger partial charge in [0.1, 0.15) is 5.82 Å². The van der Waals surface area contributed by atoms with Gasteiger partial charge in [0, 0.05) is 26.2 Å². The molecule has 2 aliphatic rings. The standard InChI is InChI=1S/C21H24N4O7S/c1-32-21(29)24-9-5-8-15(24)18-22-19(27)17(26)16-20(28)23(10-11-25(16)18)12-13-33(30,31)14-6-3-2-4-7-14/h2-4,6-7,15,26H,5,8-13H2,1H3. The lowest BCUT2D eigenvalue weighted by Gasteiger charge is -2.33. The summed E-state index contributed by atoms with van der Waals surface area (Å²) in [5.41, 5.74) is -1.22. The first kappa shape index (κ1) is 22.8. The lowest BCUT2D eigenvalue weighted by atomic mass is 10.1. The smallest absolute Gasteiger partial charge is 0.410 e. The lowest BCUT2D eigenvalue weighted by Crippen LogP contribution is -2.46. The van der Waals surface area contributed by atoms with Crippen molar-refractivity contribution in [1.82, 2.24) is 19.4 Å². The van der Waals surface area contributed by atoms with E-state index in [0.717, 1.165) is 0 Å². The maximum absolute atomic E-state index is 13.2. The van der Waals surface area contributed by atoms with Crippen LogP contribution in [0.25, 0.3) is 0 Å². The Hall–Kier alpha value is -3.41. The minimum atomic E-state index is -3.62. The van der Waals surface area contributed by atoms with Gasteiger partial charge in [-0.15, -0.1) is 0 Å². The SMILES string of the molecule is COC(=O)N1CCCC1c1nc(=O)c(O)c2n1CCN(CCS(=O)(=O)c1ccccc1)C2=O. The minimum Gasteiger partial charge on any atom is -0.501 e. The Labute approximate surface area is 190 Å². The number of hydrogen-bond acceptors (Lipinski definition) is 8. The number of benzene rings is 1. The predicted molar refractivity (Wildman–Crippen MR) is 116 cm³/mol. The van der Waals surface area contributed by atoms with Crippen LogP contribution in [0.15, 0.2) is 40.0 Å². The molecule has 1 aromatic heterocycles. The summed E-state index contributed by atoms with van der Waals surface area (Å²) in [6.07, 6.45) is 0.631. The largest absolute Gasteiger partial charge is 0.501 e. The van der Waals surface area contributed by atoms with Crippen LogP contribution in [0.5, 0.6) is 5.75 Å². The number of aromatic hydroxyl groups is 1. The number of carbonyl (C=O) groups excluding carboxylic acids is 2. The third-order valence-corrected chi connectivity index (χ3v) is 7.68. The first-order chi connectivity index (χ1) is 15.7. The van der Waals surface area contributed by atoms with E-state index in [0.29, 0.717) is 19.4 Å². The van der Waals surface area contributed by atoms with E-state index in [-0.39, 0.29) is 41.8 Å². The molecule has 11 nitrogen and oxygen atoms in total. The highest BCUT2D eigenvalue weighted by Crippen LogP contribution is 2.33. The van der Waals surface area contributed by atoms with E-state index < -0.39 is 39.2 Å². The molecule has 1 atom stereocenters. The third kappa shape index (κ3) is 4.17. The number of sulfone groups is 1. The average molecular weight is 477 g/mol. The van der Waals surface area contributed by atoms with Crippen LogP contribution in [0.3, 0.4) is 0 Å². The Morgan fingerprint density at radius 1 is 1.18 bits per heavy atom. The van der Waals surface area contributed by atoms with Gasteiger partial charge in [0.15, 0.2) is 15.5 Å². The summed E-state index contributed by atoms with van der Waals surface area (Å²) in [6.45, 7) is 0.673. The molecule has 2 aliphatic heterocycles. The molecule has 33 heavy (non-hydrogen) atoms. The molecule has 4 rings (SSSR count). The van der Waals surface area contributed by atoms with Crippen molar-refractivity contribution in [2.75, 3.05) is 32.5 Å². The highest BCUT2D eigenvalue weighted by molar-refractivity contribution is 7.91. The second-order valence-electron chi connectivity index (χ2n) is 7.87. The Morgan fingerprint density at radius 2 is 1.91 bits per heavy atom. The highest BCUT2D eigenvalue weighted by Gasteiger charge is 2.38. The van der Waals surface area contributed by atoms with Gasteiger partial charge < -0.3 is 19.3 Å². The van der Waals surface area contributed by atoms with Crippen LogP contribution in [-0.4, -0.2) is 77.4 Å². The Kier molecular flexibility index (Phi) is 6.11. The molecule has 176 valence electrons. The van der Waals surface area contributed by atoms with Gasteiger partial charge in [-0.1, -0.05) is 18.2 Å². The third-order valence-electron chi connectivity index (χ3n) is 5.96. The normalized spacial score (nSPS) is 18.3. The molecule has 3 heterocycles. The van der Waals surface area contributed by atoms with Gasteiger partial charge in [-0.25, -0.2) is 13.2 Å². The lowest BCUT2D eigenvalue weighted by molar-refractivity contribution is 0.0700. The van der Waals surface area contributed by atoms with Gasteiger partial charge in [0.25, 0.3) is 5.91 Å². The summed E-state index contributed by atoms with van der Waals surface area (Å²) < 4.78 is 31.5. The molecule has 1 N–H and O–H groups in total. The molecule has 0 radical (unpaired) electrons. The minimum absolute atomic E-state index is 0.0982. The molecule has 1 unspecified atom stereocenters. The zero-order chi connectivity index (χ0) is 23.8. The number of methoxy groups -OCH3 is 1. The topological polar surface area (TPSA) is 139 Å². The van der Waals surface area contributed by atoms with Crippen molar-refractivity contribution in [2.45, 2.75) is 30.3 Å². The van der Waals surface area contributed by atoms with Gasteiger partial charge in [0.05, 0.1) is 23.8 Å². The maximum Gasteiger partial charge on any atom is 0.410 e. The molecule has 0 saturated carbocycles. The van der Waals surface area contributed by atoms with E-state index in [2.05, 4.69) is 4.98 Å². The van der Waals surface area contributed by atoms with Crippen molar-refractivity contribution in [1.29, 1.82) is 0 Å². The summed E-state index contributed by atoms with van der Waals surface area (Å²) in [5, 5.41) is 10.4. The fourth-order valence-electron chi connectivity index (χ4n) is 4.29. The van der Waals surface area contributed by atoms with Crippen molar-refractivity contribution in [3.63, 3.8) is 0 Å². The summed E-state index contributed by atoms with van der Waals surface area (Å²) in [6, 6.07) is 7.36. The van der Waals surface area contributed by atoms with E-state index in [4.69, 9.17) is 4.74 Å². The van der Waals surface area contributed by atoms with Gasteiger partial charge in [-0.2, -0.15) is 4.98 Å². The summed E-state index contributed by atoms with van der Waals surface area (Å²) in [4.78, 5) is 44.5. The molecule has 1 saturated heterocycles. The van der Waals surface area contributed by atoms with E-state index in [1.165, 1.54) is 33.6 Å². The van der Waals surface area contributed by atoms with Crippen molar-refractivity contribution >= 4 is 21.8 Å². The predicted octanol–water partition coefficient (Wildman–Crippen LogP) is 0.782. The maximum atomic E-state index is 13.2. The van der Waals surface area contributed by atoms with Crippen LogP contribution >= 0.6 is 0 Å². The molecule has 2 aromatic rings. The Balaban J connectivity index is 1.62. The van der Waals surface area contributed by atoms with Crippen molar-refractivity contribution in [3.05, 3.63) is 52.2 Å². The molecule has 0 spiro atoms. The van der Waals surface area contributed by atoms with Gasteiger partial charge in [0.2, 0.25) is 5.75 Å². The molecular weight excluding hydrogens is 452 g/mol. The van der Waals surface area contributed by atoms with E-state index >= 15 is 0 Å². The molecule has 0 bridgehead atoms. The van der Waals surface area contributed by atoms with Crippen LogP contribution in [0.4, 0.5) is 4.79 Å². The molecule has 1 aromatic carbocycles. The number of likely N-dealkylation sites (tertiary alicyclic amines) is 1. The summed E-state index contributed by atoms with van der Waals surface area (Å²) in [5.74, 6) is -1.54. The molecular formula is C21H24N4O7S. The number of nitrogens with zero attached hydrogens (tertiary/aromatic N) is 4. The van der Waals surface area contributed by atoms with Crippen LogP contribution in [0.1, 0.15) is 35.2 Å². The van der Waals surface area contributed by atoms with Crippen LogP contribution in [0.2, 0.25) is 0 Å². The van der Waals surface area contributed by atoms with E-state index in [9.17, 15) is 27.9 Å². The van der Waals surface area contributed by atoms with Crippen molar-refractivity contribution < 1.29 is 27.9 Å². The highest BCUT2D eigenvalue weighted by atomic mass is 32.2. The summed E-state index contributed by atoms with van der Waals surface area (Å²) >= 11 is 0. The van der Waals surface area contributed by atoms with Crippen LogP contribution in [-0.2, 0) is 21.1 Å². The molecule has 12 heteroatoms. The van der Waals surface area contributed by atoms with E-state index in [1.54, 1.807) is 18.2 Å². The Morgan fingerprint density at radius 3 is 2.61 bits per heavy atom. The van der Waals surface area contributed by atoms with Crippen molar-refractivity contribution in [2.24, 2.45) is 0 Å². The fraction of sp³-hybridized carbons (Fsp3) is 0.429. The number of ether oxygens (including phenoxy) is 1. The first-order valence-corrected chi connectivity index (χ1v) is 12.1. The average Bonchev–Trinajstić information content (AvgIpc) is 3.30. The fourth-order valence-corrected chi connectivity index (χ4v) is 5.56. The number of carbonyl (C=O) groups is 2. The summed E-state index contributed by atoms with van der Waals surface area (Å²) in [7, 11) is -2.36. The first-order valence-electron chi connectivity index (χ1n) is 10.5. The van der Waals surface area contributed by atoms with Crippen LogP contribution in [0, 0.1) is 0 Å². The zero-order valence-electron chi connectivity index (χ0n) is 18.0. The number of amides is 2. The molecule has 1 fully saturated rings. The number of fused-ring (bicyclic) bond motifs is 1. The monoisotopic (exact) mass is 476 g/mol. The molecule has 2 amide bonds. The molecule has 0 aliphatic carbocycles. The van der Waals surface area contributed by atoms with Gasteiger partial charge >= 0.3 is 11.7 Å². The Bertz CT molecular complexity index is 1240. The number of aromatic nitrogens is 2. The zero-order valence-corrected chi connectivity index (χ0v) is 18.8.